The Morgan fingerprint density at radius 1 is 1.47 bits per heavy atom. The monoisotopic (exact) mass is 231 g/mol. The normalized spacial score (nSPS) is 10.7. The molecule has 0 bridgehead atoms. The Hall–Kier alpha value is -1.79. The fourth-order valence-corrected chi connectivity index (χ4v) is 1.17. The quantitative estimate of drug-likeness (QED) is 0.811. The fourth-order valence-electron chi connectivity index (χ4n) is 1.17. The summed E-state index contributed by atoms with van der Waals surface area (Å²) in [6.07, 6.45) is 5.28. The molecule has 1 rings (SSSR count). The number of ether oxygens (including phenoxy) is 1. The molecule has 0 aliphatic carbocycles. The van der Waals surface area contributed by atoms with Gasteiger partial charge in [-0.25, -0.2) is 0 Å². The molecule has 0 heterocycles. The third-order valence-electron chi connectivity index (χ3n) is 1.95. The van der Waals surface area contributed by atoms with E-state index < -0.39 is 0 Å². The smallest absolute Gasteiger partial charge is 0.250 e. The summed E-state index contributed by atoms with van der Waals surface area (Å²) in [6, 6.07) is 7.14. The minimum atomic E-state index is -0.321. The fraction of sp³-hybridized carbons (Fsp3) is 0.357. The van der Waals surface area contributed by atoms with Crippen LogP contribution in [-0.2, 0) is 9.53 Å². The van der Waals surface area contributed by atoms with E-state index in [2.05, 4.69) is 11.2 Å². The van der Waals surface area contributed by atoms with Crippen LogP contribution in [0.25, 0.3) is 0 Å². The molecule has 3 heteroatoms. The lowest BCUT2D eigenvalue weighted by molar-refractivity contribution is -0.125. The van der Waals surface area contributed by atoms with Crippen LogP contribution in [0.15, 0.2) is 24.3 Å². The molecule has 1 N–H and O–H groups in total. The van der Waals surface area contributed by atoms with Crippen LogP contribution in [0.1, 0.15) is 26.3 Å². The van der Waals surface area contributed by atoms with Crippen molar-refractivity contribution >= 4 is 11.6 Å². The third kappa shape index (κ3) is 5.19. The van der Waals surface area contributed by atoms with Crippen LogP contribution < -0.4 is 5.32 Å². The largest absolute Gasteiger partial charge is 0.366 e. The molecule has 1 aromatic rings. The van der Waals surface area contributed by atoms with Gasteiger partial charge in [-0.3, -0.25) is 4.79 Å². The van der Waals surface area contributed by atoms with Gasteiger partial charge < -0.3 is 10.1 Å². The Morgan fingerprint density at radius 2 is 2.18 bits per heavy atom. The van der Waals surface area contributed by atoms with Gasteiger partial charge in [0, 0.05) is 11.3 Å². The lowest BCUT2D eigenvalue weighted by atomic mass is 10.2. The van der Waals surface area contributed by atoms with Gasteiger partial charge in [0.25, 0.3) is 0 Å². The van der Waals surface area contributed by atoms with Crippen molar-refractivity contribution in [1.29, 1.82) is 0 Å². The molecule has 17 heavy (non-hydrogen) atoms. The summed E-state index contributed by atoms with van der Waals surface area (Å²) in [6.45, 7) is 5.74. The van der Waals surface area contributed by atoms with E-state index >= 15 is 0 Å². The molecule has 1 aromatic carbocycles. The standard InChI is InChI=1S/C14H17NO2/c1-5-11-7-6-8-12(9-11)15-13(16)10-17-14(2,3)4/h1,6-9H,10H2,2-4H3,(H,15,16). The second-order valence-corrected chi connectivity index (χ2v) is 4.67. The average Bonchev–Trinajstić information content (AvgIpc) is 2.26. The van der Waals surface area contributed by atoms with Crippen LogP contribution in [0.5, 0.6) is 0 Å². The van der Waals surface area contributed by atoms with E-state index in [4.69, 9.17) is 11.2 Å². The Kier molecular flexibility index (Phi) is 4.30. The van der Waals surface area contributed by atoms with E-state index in [1.54, 1.807) is 24.3 Å². The van der Waals surface area contributed by atoms with E-state index in [1.165, 1.54) is 0 Å². The zero-order chi connectivity index (χ0) is 12.9. The van der Waals surface area contributed by atoms with Crippen LogP contribution in [-0.4, -0.2) is 18.1 Å². The van der Waals surface area contributed by atoms with Crippen LogP contribution in [0.3, 0.4) is 0 Å². The number of anilines is 1. The third-order valence-corrected chi connectivity index (χ3v) is 1.95. The van der Waals surface area contributed by atoms with Crippen LogP contribution in [0.4, 0.5) is 5.69 Å². The molecule has 0 aliphatic rings. The van der Waals surface area contributed by atoms with Crippen molar-refractivity contribution in [3.8, 4) is 12.3 Å². The van der Waals surface area contributed by atoms with Crippen molar-refractivity contribution in [2.24, 2.45) is 0 Å². The number of benzene rings is 1. The minimum absolute atomic E-state index is 0.0315. The SMILES string of the molecule is C#Cc1cccc(NC(=O)COC(C)(C)C)c1. The highest BCUT2D eigenvalue weighted by Crippen LogP contribution is 2.10. The molecule has 0 aromatic heterocycles. The molecular weight excluding hydrogens is 214 g/mol. The van der Waals surface area contributed by atoms with Crippen LogP contribution in [0, 0.1) is 12.3 Å². The van der Waals surface area contributed by atoms with Gasteiger partial charge in [0.05, 0.1) is 5.60 Å². The van der Waals surface area contributed by atoms with E-state index in [9.17, 15) is 4.79 Å². The lowest BCUT2D eigenvalue weighted by Gasteiger charge is -2.19. The Labute approximate surface area is 102 Å². The summed E-state index contributed by atoms with van der Waals surface area (Å²) in [7, 11) is 0. The number of hydrogen-bond donors (Lipinski definition) is 1. The highest BCUT2D eigenvalue weighted by Gasteiger charge is 2.12. The summed E-state index contributed by atoms with van der Waals surface area (Å²) in [5, 5.41) is 2.73. The molecule has 0 atom stereocenters. The molecule has 1 amide bonds. The zero-order valence-electron chi connectivity index (χ0n) is 10.4. The minimum Gasteiger partial charge on any atom is -0.366 e. The van der Waals surface area contributed by atoms with Gasteiger partial charge in [0.1, 0.15) is 6.61 Å². The first kappa shape index (κ1) is 13.3. The molecule has 3 nitrogen and oxygen atoms in total. The summed E-state index contributed by atoms with van der Waals surface area (Å²) in [4.78, 5) is 11.6. The number of hydrogen-bond acceptors (Lipinski definition) is 2. The predicted molar refractivity (Wildman–Crippen MR) is 68.7 cm³/mol. The molecule has 0 saturated carbocycles. The molecule has 90 valence electrons. The van der Waals surface area contributed by atoms with Crippen LogP contribution >= 0.6 is 0 Å². The van der Waals surface area contributed by atoms with Crippen LogP contribution in [0.2, 0.25) is 0 Å². The number of carbonyl (C=O) groups excluding carboxylic acids is 1. The van der Waals surface area contributed by atoms with Gasteiger partial charge >= 0.3 is 0 Å². The molecule has 0 saturated heterocycles. The van der Waals surface area contributed by atoms with Crippen molar-refractivity contribution in [3.63, 3.8) is 0 Å². The van der Waals surface area contributed by atoms with Gasteiger partial charge in [-0.15, -0.1) is 6.42 Å². The molecular formula is C14H17NO2. The maximum atomic E-state index is 11.6. The topological polar surface area (TPSA) is 38.3 Å². The van der Waals surface area contributed by atoms with Gasteiger partial charge in [0.15, 0.2) is 0 Å². The van der Waals surface area contributed by atoms with E-state index in [1.807, 2.05) is 20.8 Å². The Morgan fingerprint density at radius 3 is 2.76 bits per heavy atom. The first-order valence-electron chi connectivity index (χ1n) is 5.41. The van der Waals surface area contributed by atoms with E-state index in [0.29, 0.717) is 5.69 Å². The summed E-state index contributed by atoms with van der Waals surface area (Å²) in [5.74, 6) is 2.33. The van der Waals surface area contributed by atoms with Crippen molar-refractivity contribution < 1.29 is 9.53 Å². The first-order chi connectivity index (χ1) is 7.90. The van der Waals surface area contributed by atoms with Gasteiger partial charge in [-0.05, 0) is 39.0 Å². The predicted octanol–water partition coefficient (Wildman–Crippen LogP) is 2.42. The average molecular weight is 231 g/mol. The van der Waals surface area contributed by atoms with Gasteiger partial charge in [-0.2, -0.15) is 0 Å². The van der Waals surface area contributed by atoms with E-state index in [0.717, 1.165) is 5.56 Å². The van der Waals surface area contributed by atoms with Gasteiger partial charge in [0.2, 0.25) is 5.91 Å². The first-order valence-corrected chi connectivity index (χ1v) is 5.41. The van der Waals surface area contributed by atoms with Crippen molar-refractivity contribution in [3.05, 3.63) is 29.8 Å². The molecule has 0 aliphatic heterocycles. The Bertz CT molecular complexity index is 438. The molecule has 0 spiro atoms. The maximum absolute atomic E-state index is 11.6. The van der Waals surface area contributed by atoms with Crippen molar-refractivity contribution in [2.75, 3.05) is 11.9 Å². The lowest BCUT2D eigenvalue weighted by Crippen LogP contribution is -2.27. The maximum Gasteiger partial charge on any atom is 0.250 e. The number of nitrogens with one attached hydrogen (secondary N) is 1. The number of terminal acetylenes is 1. The second kappa shape index (κ2) is 5.51. The summed E-state index contributed by atoms with van der Waals surface area (Å²) < 4.78 is 5.37. The number of rotatable bonds is 3. The summed E-state index contributed by atoms with van der Waals surface area (Å²) in [5.41, 5.74) is 1.10. The molecule has 0 fully saturated rings. The summed E-state index contributed by atoms with van der Waals surface area (Å²) >= 11 is 0. The van der Waals surface area contributed by atoms with Crippen molar-refractivity contribution in [1.82, 2.24) is 0 Å². The molecule has 0 radical (unpaired) electrons. The second-order valence-electron chi connectivity index (χ2n) is 4.67. The molecule has 0 unspecified atom stereocenters. The number of amides is 1. The highest BCUT2D eigenvalue weighted by atomic mass is 16.5. The van der Waals surface area contributed by atoms with Gasteiger partial charge in [-0.1, -0.05) is 12.0 Å². The zero-order valence-corrected chi connectivity index (χ0v) is 10.4. The number of carbonyl (C=O) groups is 1. The van der Waals surface area contributed by atoms with E-state index in [-0.39, 0.29) is 18.1 Å². The van der Waals surface area contributed by atoms with Crippen molar-refractivity contribution in [2.45, 2.75) is 26.4 Å². The Balaban J connectivity index is 2.54. The highest BCUT2D eigenvalue weighted by molar-refractivity contribution is 5.91.